The number of hydrogen-bond acceptors (Lipinski definition) is 4. The largest absolute Gasteiger partial charge is 0.467 e. The molecule has 5 nitrogen and oxygen atoms in total. The molecule has 2 atom stereocenters. The maximum absolute atomic E-state index is 12.5. The molecule has 1 aliphatic heterocycles. The minimum Gasteiger partial charge on any atom is -0.467 e. The van der Waals surface area contributed by atoms with Crippen LogP contribution in [0.1, 0.15) is 17.5 Å². The van der Waals surface area contributed by atoms with E-state index in [-0.39, 0.29) is 24.4 Å². The van der Waals surface area contributed by atoms with Crippen LogP contribution >= 0.6 is 0 Å². The minimum absolute atomic E-state index is 0.0736. The predicted octanol–water partition coefficient (Wildman–Crippen LogP) is 1.33. The van der Waals surface area contributed by atoms with Crippen molar-refractivity contribution in [2.45, 2.75) is 31.9 Å². The zero-order valence-corrected chi connectivity index (χ0v) is 12.7. The van der Waals surface area contributed by atoms with E-state index in [1.165, 1.54) is 7.11 Å². The third kappa shape index (κ3) is 3.61. The highest BCUT2D eigenvalue weighted by atomic mass is 16.5. The lowest BCUT2D eigenvalue weighted by Gasteiger charge is -2.22. The molecule has 1 fully saturated rings. The Labute approximate surface area is 124 Å². The van der Waals surface area contributed by atoms with Gasteiger partial charge in [0.15, 0.2) is 0 Å². The summed E-state index contributed by atoms with van der Waals surface area (Å²) >= 11 is 0. The average molecular weight is 291 g/mol. The summed E-state index contributed by atoms with van der Waals surface area (Å²) in [5, 5.41) is 0. The van der Waals surface area contributed by atoms with Crippen molar-refractivity contribution < 1.29 is 19.1 Å². The Hall–Kier alpha value is -1.88. The second-order valence-electron chi connectivity index (χ2n) is 5.34. The number of carbonyl (C=O) groups is 2. The topological polar surface area (TPSA) is 55.8 Å². The minimum atomic E-state index is -0.544. The Morgan fingerprint density at radius 1 is 1.33 bits per heavy atom. The van der Waals surface area contributed by atoms with Crippen molar-refractivity contribution in [3.05, 3.63) is 35.4 Å². The molecule has 0 spiro atoms. The third-order valence-electron chi connectivity index (χ3n) is 3.83. The molecule has 0 unspecified atom stereocenters. The molecule has 0 aromatic heterocycles. The van der Waals surface area contributed by atoms with E-state index in [4.69, 9.17) is 9.47 Å². The number of rotatable bonds is 4. The number of benzene rings is 1. The highest BCUT2D eigenvalue weighted by Crippen LogP contribution is 2.22. The van der Waals surface area contributed by atoms with E-state index in [0.29, 0.717) is 13.0 Å². The fraction of sp³-hybridized carbons (Fsp3) is 0.500. The van der Waals surface area contributed by atoms with Gasteiger partial charge in [-0.05, 0) is 12.5 Å². The van der Waals surface area contributed by atoms with Crippen LogP contribution in [0, 0.1) is 6.92 Å². The maximum Gasteiger partial charge on any atom is 0.328 e. The van der Waals surface area contributed by atoms with Gasteiger partial charge in [-0.25, -0.2) is 4.79 Å². The van der Waals surface area contributed by atoms with Crippen molar-refractivity contribution in [2.24, 2.45) is 0 Å². The van der Waals surface area contributed by atoms with Crippen LogP contribution in [0.2, 0.25) is 0 Å². The van der Waals surface area contributed by atoms with Gasteiger partial charge < -0.3 is 14.4 Å². The fourth-order valence-electron chi connectivity index (χ4n) is 2.70. The Balaban J connectivity index is 2.10. The lowest BCUT2D eigenvalue weighted by atomic mass is 10.1. The first-order chi connectivity index (χ1) is 10.0. The molecule has 1 amide bonds. The van der Waals surface area contributed by atoms with E-state index >= 15 is 0 Å². The van der Waals surface area contributed by atoms with Crippen LogP contribution < -0.4 is 0 Å². The van der Waals surface area contributed by atoms with Gasteiger partial charge in [0.25, 0.3) is 0 Å². The quantitative estimate of drug-likeness (QED) is 0.785. The number of esters is 1. The first-order valence-electron chi connectivity index (χ1n) is 7.00. The van der Waals surface area contributed by atoms with E-state index in [0.717, 1.165) is 11.1 Å². The van der Waals surface area contributed by atoms with Crippen LogP contribution in [0.4, 0.5) is 0 Å². The van der Waals surface area contributed by atoms with Gasteiger partial charge in [-0.2, -0.15) is 0 Å². The molecule has 1 aromatic carbocycles. The summed E-state index contributed by atoms with van der Waals surface area (Å²) in [6.45, 7) is 2.42. The van der Waals surface area contributed by atoms with Crippen molar-refractivity contribution in [1.82, 2.24) is 4.90 Å². The molecule has 2 rings (SSSR count). The second-order valence-corrected chi connectivity index (χ2v) is 5.34. The van der Waals surface area contributed by atoms with Crippen molar-refractivity contribution in [2.75, 3.05) is 20.8 Å². The van der Waals surface area contributed by atoms with Gasteiger partial charge in [0.1, 0.15) is 6.04 Å². The smallest absolute Gasteiger partial charge is 0.328 e. The SMILES string of the molecule is COC(=O)[C@H]1C[C@H](OC)CN1C(=O)Cc1cccc(C)c1. The summed E-state index contributed by atoms with van der Waals surface area (Å²) in [5.41, 5.74) is 2.06. The first-order valence-corrected chi connectivity index (χ1v) is 7.00. The molecule has 0 N–H and O–H groups in total. The van der Waals surface area contributed by atoms with Gasteiger partial charge in [-0.15, -0.1) is 0 Å². The van der Waals surface area contributed by atoms with Crippen LogP contribution in [0.5, 0.6) is 0 Å². The van der Waals surface area contributed by atoms with Gasteiger partial charge in [-0.3, -0.25) is 4.79 Å². The highest BCUT2D eigenvalue weighted by molar-refractivity contribution is 5.86. The molecule has 0 bridgehead atoms. The summed E-state index contributed by atoms with van der Waals surface area (Å²) in [7, 11) is 2.93. The Kier molecular flexibility index (Phi) is 4.96. The predicted molar refractivity (Wildman–Crippen MR) is 77.8 cm³/mol. The Bertz CT molecular complexity index is 529. The normalized spacial score (nSPS) is 21.4. The third-order valence-corrected chi connectivity index (χ3v) is 3.83. The molecular weight excluding hydrogens is 270 g/mol. The van der Waals surface area contributed by atoms with Crippen molar-refractivity contribution in [3.63, 3.8) is 0 Å². The van der Waals surface area contributed by atoms with Crippen molar-refractivity contribution in [1.29, 1.82) is 0 Å². The summed E-state index contributed by atoms with van der Waals surface area (Å²) in [6, 6.07) is 7.27. The standard InChI is InChI=1S/C16H21NO4/c1-11-5-4-6-12(7-11)8-15(18)17-10-13(20-2)9-14(17)16(19)21-3/h4-7,13-14H,8-10H2,1-3H3/t13-,14+/m0/s1. The lowest BCUT2D eigenvalue weighted by Crippen LogP contribution is -2.42. The van der Waals surface area contributed by atoms with E-state index in [9.17, 15) is 9.59 Å². The van der Waals surface area contributed by atoms with Crippen molar-refractivity contribution >= 4 is 11.9 Å². The molecular formula is C16H21NO4. The Morgan fingerprint density at radius 2 is 2.10 bits per heavy atom. The average Bonchev–Trinajstić information content (AvgIpc) is 2.91. The van der Waals surface area contributed by atoms with Gasteiger partial charge in [0, 0.05) is 20.1 Å². The number of nitrogens with zero attached hydrogens (tertiary/aromatic N) is 1. The highest BCUT2D eigenvalue weighted by Gasteiger charge is 2.40. The fourth-order valence-corrected chi connectivity index (χ4v) is 2.70. The molecule has 0 saturated carbocycles. The van der Waals surface area contributed by atoms with Gasteiger partial charge >= 0.3 is 5.97 Å². The van der Waals surface area contributed by atoms with Crippen molar-refractivity contribution in [3.8, 4) is 0 Å². The van der Waals surface area contributed by atoms with E-state index in [1.54, 1.807) is 12.0 Å². The molecule has 1 aromatic rings. The van der Waals surface area contributed by atoms with Crippen LogP contribution in [0.3, 0.4) is 0 Å². The summed E-state index contributed by atoms with van der Waals surface area (Å²) in [4.78, 5) is 25.9. The van der Waals surface area contributed by atoms with Crippen LogP contribution in [-0.2, 0) is 25.5 Å². The summed E-state index contributed by atoms with van der Waals surface area (Å²) in [5.74, 6) is -0.456. The molecule has 114 valence electrons. The Morgan fingerprint density at radius 3 is 2.71 bits per heavy atom. The zero-order valence-electron chi connectivity index (χ0n) is 12.7. The zero-order chi connectivity index (χ0) is 15.4. The number of aryl methyl sites for hydroxylation is 1. The number of amides is 1. The molecule has 0 radical (unpaired) electrons. The van der Waals surface area contributed by atoms with Gasteiger partial charge in [0.2, 0.25) is 5.91 Å². The number of likely N-dealkylation sites (tertiary alicyclic amines) is 1. The first kappa shape index (κ1) is 15.5. The van der Waals surface area contributed by atoms with Gasteiger partial charge in [-0.1, -0.05) is 29.8 Å². The summed E-state index contributed by atoms with van der Waals surface area (Å²) < 4.78 is 10.1. The molecule has 1 heterocycles. The molecule has 5 heteroatoms. The molecule has 1 aliphatic rings. The second kappa shape index (κ2) is 6.72. The molecule has 21 heavy (non-hydrogen) atoms. The number of hydrogen-bond donors (Lipinski definition) is 0. The van der Waals surface area contributed by atoms with Crippen LogP contribution in [-0.4, -0.2) is 49.7 Å². The number of ether oxygens (including phenoxy) is 2. The molecule has 1 saturated heterocycles. The van der Waals surface area contributed by atoms with Crippen LogP contribution in [0.25, 0.3) is 0 Å². The van der Waals surface area contributed by atoms with E-state index in [2.05, 4.69) is 0 Å². The van der Waals surface area contributed by atoms with E-state index in [1.807, 2.05) is 31.2 Å². The number of carbonyl (C=O) groups excluding carboxylic acids is 2. The molecule has 0 aliphatic carbocycles. The number of methoxy groups -OCH3 is 2. The van der Waals surface area contributed by atoms with E-state index < -0.39 is 6.04 Å². The maximum atomic E-state index is 12.5. The van der Waals surface area contributed by atoms with Gasteiger partial charge in [0.05, 0.1) is 19.6 Å². The lowest BCUT2D eigenvalue weighted by molar-refractivity contribution is -0.150. The monoisotopic (exact) mass is 291 g/mol. The summed E-state index contributed by atoms with van der Waals surface area (Å²) in [6.07, 6.45) is 0.657. The van der Waals surface area contributed by atoms with Crippen LogP contribution in [0.15, 0.2) is 24.3 Å².